The highest BCUT2D eigenvalue weighted by Crippen LogP contribution is 2.38. The van der Waals surface area contributed by atoms with E-state index >= 15 is 0 Å². The van der Waals surface area contributed by atoms with Crippen molar-refractivity contribution in [2.45, 2.75) is 71.0 Å². The van der Waals surface area contributed by atoms with Crippen LogP contribution in [0.4, 0.5) is 11.5 Å². The van der Waals surface area contributed by atoms with Crippen molar-refractivity contribution in [3.05, 3.63) is 47.4 Å². The van der Waals surface area contributed by atoms with Crippen LogP contribution in [0.15, 0.2) is 30.5 Å². The Hall–Kier alpha value is -2.51. The van der Waals surface area contributed by atoms with Crippen LogP contribution < -0.4 is 16.2 Å². The number of nitrogens with one attached hydrogen (secondary N) is 3. The molecule has 1 aliphatic carbocycles. The van der Waals surface area contributed by atoms with Gasteiger partial charge in [0.15, 0.2) is 0 Å². The third-order valence-electron chi connectivity index (χ3n) is 7.40. The summed E-state index contributed by atoms with van der Waals surface area (Å²) in [6, 6.07) is 8.41. The predicted molar refractivity (Wildman–Crippen MR) is 125 cm³/mol. The molecule has 0 aromatic carbocycles. The summed E-state index contributed by atoms with van der Waals surface area (Å²) in [5.41, 5.74) is 10.7. The first kappa shape index (κ1) is 21.3. The zero-order chi connectivity index (χ0) is 22.2. The Morgan fingerprint density at radius 2 is 2.06 bits per heavy atom. The number of hydrogen-bond donors (Lipinski definition) is 3. The van der Waals surface area contributed by atoms with Gasteiger partial charge in [-0.1, -0.05) is 13.0 Å². The van der Waals surface area contributed by atoms with E-state index in [1.165, 1.54) is 6.42 Å². The second-order valence-electron chi connectivity index (χ2n) is 9.86. The number of carbonyl (C=O) groups is 1. The van der Waals surface area contributed by atoms with Crippen molar-refractivity contribution in [1.82, 2.24) is 25.7 Å². The van der Waals surface area contributed by atoms with Gasteiger partial charge in [-0.15, -0.1) is 0 Å². The first-order chi connectivity index (χ1) is 15.5. The van der Waals surface area contributed by atoms with Gasteiger partial charge >= 0.3 is 0 Å². The van der Waals surface area contributed by atoms with Crippen LogP contribution in [0.25, 0.3) is 0 Å². The number of rotatable bonds is 4. The standard InChI is InChI=1S/C25H34N6O/c1-15-8-9-20-19(12-15)23(30-29-20)25(32)31-11-5-7-22(31)21-14-18(13-17(3)27-21)28-24-16(2)6-4-10-26-24/h4,6,10,13-15,19-20,22-23,29-30H,5,7-9,11-12H2,1-3H3,(H,26,27,28). The fourth-order valence-corrected chi connectivity index (χ4v) is 5.73. The normalized spacial score (nSPS) is 29.7. The lowest BCUT2D eigenvalue weighted by molar-refractivity contribution is -0.135. The monoisotopic (exact) mass is 434 g/mol. The van der Waals surface area contributed by atoms with Gasteiger partial charge in [-0.3, -0.25) is 15.2 Å². The van der Waals surface area contributed by atoms with Crippen LogP contribution in [0.1, 0.15) is 62.0 Å². The number of aryl methyl sites for hydroxylation is 2. The average Bonchev–Trinajstić information content (AvgIpc) is 3.42. The molecule has 0 bridgehead atoms. The lowest BCUT2D eigenvalue weighted by atomic mass is 9.76. The van der Waals surface area contributed by atoms with Crippen molar-refractivity contribution in [3.63, 3.8) is 0 Å². The van der Waals surface area contributed by atoms with E-state index in [-0.39, 0.29) is 18.0 Å². The van der Waals surface area contributed by atoms with Gasteiger partial charge in [-0.05, 0) is 75.6 Å². The molecule has 170 valence electrons. The van der Waals surface area contributed by atoms with Crippen molar-refractivity contribution < 1.29 is 4.79 Å². The quantitative estimate of drug-likeness (QED) is 0.679. The molecule has 2 saturated heterocycles. The highest BCUT2D eigenvalue weighted by molar-refractivity contribution is 5.83. The molecule has 7 heteroatoms. The Labute approximate surface area is 190 Å². The molecule has 3 N–H and O–H groups in total. The number of hydrazine groups is 1. The van der Waals surface area contributed by atoms with Crippen molar-refractivity contribution in [2.75, 3.05) is 11.9 Å². The minimum absolute atomic E-state index is 0.0228. The van der Waals surface area contributed by atoms with Gasteiger partial charge in [0.1, 0.15) is 11.9 Å². The Morgan fingerprint density at radius 3 is 2.91 bits per heavy atom. The van der Waals surface area contributed by atoms with Crippen molar-refractivity contribution >= 4 is 17.4 Å². The molecule has 2 aromatic rings. The lowest BCUT2D eigenvalue weighted by Gasteiger charge is -2.33. The van der Waals surface area contributed by atoms with Crippen LogP contribution >= 0.6 is 0 Å². The van der Waals surface area contributed by atoms with Crippen LogP contribution in [-0.4, -0.2) is 39.4 Å². The van der Waals surface area contributed by atoms with Crippen LogP contribution in [0.3, 0.4) is 0 Å². The second kappa shape index (κ2) is 8.79. The van der Waals surface area contributed by atoms with Crippen molar-refractivity contribution in [3.8, 4) is 0 Å². The Morgan fingerprint density at radius 1 is 1.19 bits per heavy atom. The molecule has 1 saturated carbocycles. The number of pyridine rings is 2. The molecule has 0 radical (unpaired) electrons. The number of carbonyl (C=O) groups excluding carboxylic acids is 1. The summed E-state index contributed by atoms with van der Waals surface area (Å²) < 4.78 is 0. The number of anilines is 2. The van der Waals surface area contributed by atoms with E-state index < -0.39 is 0 Å². The molecule has 5 rings (SSSR count). The molecule has 3 aliphatic rings. The van der Waals surface area contributed by atoms with Gasteiger partial charge in [0.2, 0.25) is 5.91 Å². The largest absolute Gasteiger partial charge is 0.340 e. The molecule has 3 fully saturated rings. The molecular weight excluding hydrogens is 400 g/mol. The molecule has 0 spiro atoms. The summed E-state index contributed by atoms with van der Waals surface area (Å²) in [7, 11) is 0. The van der Waals surface area contributed by atoms with E-state index in [0.717, 1.165) is 60.7 Å². The minimum Gasteiger partial charge on any atom is -0.340 e. The van der Waals surface area contributed by atoms with Gasteiger partial charge in [0, 0.05) is 36.1 Å². The summed E-state index contributed by atoms with van der Waals surface area (Å²) in [6.07, 6.45) is 7.26. The highest BCUT2D eigenvalue weighted by Gasteiger charge is 2.46. The molecule has 5 unspecified atom stereocenters. The fourth-order valence-electron chi connectivity index (χ4n) is 5.73. The van der Waals surface area contributed by atoms with Crippen LogP contribution in [0.5, 0.6) is 0 Å². The summed E-state index contributed by atoms with van der Waals surface area (Å²) in [4.78, 5) is 25.0. The maximum Gasteiger partial charge on any atom is 0.241 e. The molecule has 32 heavy (non-hydrogen) atoms. The van der Waals surface area contributed by atoms with E-state index in [4.69, 9.17) is 4.98 Å². The molecular formula is C25H34N6O. The first-order valence-electron chi connectivity index (χ1n) is 12.0. The van der Waals surface area contributed by atoms with E-state index in [1.54, 1.807) is 6.20 Å². The average molecular weight is 435 g/mol. The maximum absolute atomic E-state index is 13.7. The third kappa shape index (κ3) is 4.11. The number of aromatic nitrogens is 2. The van der Waals surface area contributed by atoms with E-state index in [9.17, 15) is 4.79 Å². The summed E-state index contributed by atoms with van der Waals surface area (Å²) >= 11 is 0. The number of hydrogen-bond acceptors (Lipinski definition) is 6. The highest BCUT2D eigenvalue weighted by atomic mass is 16.2. The van der Waals surface area contributed by atoms with Crippen LogP contribution in [0.2, 0.25) is 0 Å². The van der Waals surface area contributed by atoms with E-state index in [0.29, 0.717) is 17.9 Å². The molecule has 7 nitrogen and oxygen atoms in total. The lowest BCUT2D eigenvalue weighted by Crippen LogP contribution is -2.48. The van der Waals surface area contributed by atoms with Gasteiger partial charge in [-0.2, -0.15) is 0 Å². The van der Waals surface area contributed by atoms with Crippen LogP contribution in [0, 0.1) is 25.7 Å². The molecule has 1 amide bonds. The second-order valence-corrected chi connectivity index (χ2v) is 9.86. The summed E-state index contributed by atoms with van der Waals surface area (Å²) in [6.45, 7) is 7.16. The third-order valence-corrected chi connectivity index (χ3v) is 7.40. The predicted octanol–water partition coefficient (Wildman–Crippen LogP) is 3.78. The van der Waals surface area contributed by atoms with Gasteiger partial charge < -0.3 is 10.2 Å². The Balaban J connectivity index is 1.37. The summed E-state index contributed by atoms with van der Waals surface area (Å²) in [5, 5.41) is 3.44. The van der Waals surface area contributed by atoms with E-state index in [2.05, 4.69) is 39.0 Å². The number of amides is 1. The fraction of sp³-hybridized carbons (Fsp3) is 0.560. The smallest absolute Gasteiger partial charge is 0.241 e. The van der Waals surface area contributed by atoms with E-state index in [1.807, 2.05) is 32.0 Å². The maximum atomic E-state index is 13.7. The minimum atomic E-state index is -0.137. The van der Waals surface area contributed by atoms with Gasteiger partial charge in [-0.25, -0.2) is 10.4 Å². The summed E-state index contributed by atoms with van der Waals surface area (Å²) in [5.74, 6) is 2.13. The molecule has 5 atom stereocenters. The molecule has 4 heterocycles. The number of fused-ring (bicyclic) bond motifs is 1. The SMILES string of the molecule is Cc1cc(Nc2ncccc2C)cc(C2CCCN2C(=O)C2NNC3CCC(C)CC32)n1. The molecule has 2 aromatic heterocycles. The number of nitrogens with zero attached hydrogens (tertiary/aromatic N) is 3. The Bertz CT molecular complexity index is 994. The zero-order valence-electron chi connectivity index (χ0n) is 19.3. The van der Waals surface area contributed by atoms with Crippen LogP contribution in [-0.2, 0) is 4.79 Å². The zero-order valence-corrected chi connectivity index (χ0v) is 19.3. The number of likely N-dealkylation sites (tertiary alicyclic amines) is 1. The first-order valence-corrected chi connectivity index (χ1v) is 12.0. The molecule has 2 aliphatic heterocycles. The van der Waals surface area contributed by atoms with Crippen molar-refractivity contribution in [2.24, 2.45) is 11.8 Å². The topological polar surface area (TPSA) is 82.2 Å². The van der Waals surface area contributed by atoms with Gasteiger partial charge in [0.25, 0.3) is 0 Å². The van der Waals surface area contributed by atoms with Gasteiger partial charge in [0.05, 0.1) is 11.7 Å². The Kier molecular flexibility index (Phi) is 5.86. The van der Waals surface area contributed by atoms with Crippen molar-refractivity contribution in [1.29, 1.82) is 0 Å².